The van der Waals surface area contributed by atoms with Gasteiger partial charge in [0.05, 0.1) is 0 Å². The van der Waals surface area contributed by atoms with Crippen LogP contribution in [0.2, 0.25) is 0 Å². The fraction of sp³-hybridized carbons (Fsp3) is 0. The standard InChI is InChI=1S/C61H37F5O/c62-56-55(57(63)59(65)60(66)58(56)64)61(67)46-32-26-41(27-33-46)50-37-36-49(40-20-10-3-11-21-40)54(52(50)43-24-14-5-15-25-43)45-30-28-44(29-31-45)53-48(39-18-8-2-9-19-39)35-34-47(38-16-6-1-7-17-38)51(53)42-22-12-4-13-23-42/h1-37H. The van der Waals surface area contributed by atoms with Gasteiger partial charge < -0.3 is 0 Å². The summed E-state index contributed by atoms with van der Waals surface area (Å²) in [5.41, 5.74) is 14.0. The molecule has 0 bridgehead atoms. The van der Waals surface area contributed by atoms with Gasteiger partial charge in [-0.2, -0.15) is 0 Å². The molecule has 0 heterocycles. The molecule has 0 atom stereocenters. The number of benzene rings is 10. The van der Waals surface area contributed by atoms with Crippen molar-refractivity contribution in [2.45, 2.75) is 0 Å². The van der Waals surface area contributed by atoms with E-state index in [0.29, 0.717) is 5.56 Å². The molecule has 0 aliphatic heterocycles. The van der Waals surface area contributed by atoms with Crippen molar-refractivity contribution in [3.63, 3.8) is 0 Å². The zero-order valence-electron chi connectivity index (χ0n) is 35.7. The molecule has 10 aromatic rings. The van der Waals surface area contributed by atoms with Gasteiger partial charge in [-0.3, -0.25) is 4.79 Å². The summed E-state index contributed by atoms with van der Waals surface area (Å²) in [5.74, 6) is -12.4. The summed E-state index contributed by atoms with van der Waals surface area (Å²) >= 11 is 0. The maximum Gasteiger partial charge on any atom is 0.200 e. The maximum atomic E-state index is 14.8. The summed E-state index contributed by atoms with van der Waals surface area (Å²) in [6.07, 6.45) is 0. The van der Waals surface area contributed by atoms with Crippen LogP contribution in [0.1, 0.15) is 15.9 Å². The van der Waals surface area contributed by atoms with Gasteiger partial charge in [0, 0.05) is 5.56 Å². The van der Waals surface area contributed by atoms with E-state index >= 15 is 0 Å². The SMILES string of the molecule is O=C(c1ccc(-c2ccc(-c3ccccc3)c(-c3ccc(-c4c(-c5ccccc5)ccc(-c5ccccc5)c4-c4ccccc4)cc3)c2-c2ccccc2)cc1)c1c(F)c(F)c(F)c(F)c1F. The van der Waals surface area contributed by atoms with E-state index in [4.69, 9.17) is 0 Å². The fourth-order valence-electron chi connectivity index (χ4n) is 8.98. The lowest BCUT2D eigenvalue weighted by molar-refractivity contribution is 0.102. The van der Waals surface area contributed by atoms with E-state index < -0.39 is 40.4 Å². The van der Waals surface area contributed by atoms with Gasteiger partial charge in [-0.05, 0) is 89.0 Å². The van der Waals surface area contributed by atoms with Crippen LogP contribution in [0.4, 0.5) is 22.0 Å². The second kappa shape index (κ2) is 18.2. The van der Waals surface area contributed by atoms with Crippen LogP contribution in [-0.2, 0) is 0 Å². The van der Waals surface area contributed by atoms with E-state index in [-0.39, 0.29) is 5.56 Å². The van der Waals surface area contributed by atoms with Crippen LogP contribution in [0.5, 0.6) is 0 Å². The van der Waals surface area contributed by atoms with E-state index in [9.17, 15) is 26.7 Å². The molecule has 0 unspecified atom stereocenters. The quantitative estimate of drug-likeness (QED) is 0.0579. The molecule has 6 heteroatoms. The minimum absolute atomic E-state index is 0.244. The Labute approximate surface area is 384 Å². The van der Waals surface area contributed by atoms with Gasteiger partial charge in [0.15, 0.2) is 29.1 Å². The van der Waals surface area contributed by atoms with E-state index in [1.54, 1.807) is 12.1 Å². The van der Waals surface area contributed by atoms with Gasteiger partial charge >= 0.3 is 0 Å². The average Bonchev–Trinajstić information content (AvgIpc) is 3.40. The molecule has 0 N–H and O–H groups in total. The minimum atomic E-state index is -2.33. The number of hydrogen-bond donors (Lipinski definition) is 0. The molecular formula is C61H37F5O. The fourth-order valence-corrected chi connectivity index (χ4v) is 8.98. The molecule has 0 saturated carbocycles. The van der Waals surface area contributed by atoms with Crippen molar-refractivity contribution in [1.82, 2.24) is 0 Å². The van der Waals surface area contributed by atoms with Gasteiger partial charge in [0.2, 0.25) is 5.82 Å². The third-order valence-corrected chi connectivity index (χ3v) is 12.1. The lowest BCUT2D eigenvalue weighted by Gasteiger charge is -2.22. The Morgan fingerprint density at radius 1 is 0.239 bits per heavy atom. The molecule has 0 saturated heterocycles. The Balaban J connectivity index is 1.17. The molecule has 0 aliphatic carbocycles. The van der Waals surface area contributed by atoms with Crippen molar-refractivity contribution < 1.29 is 26.7 Å². The van der Waals surface area contributed by atoms with Crippen molar-refractivity contribution >= 4 is 5.78 Å². The van der Waals surface area contributed by atoms with Gasteiger partial charge in [-0.1, -0.05) is 224 Å². The van der Waals surface area contributed by atoms with E-state index in [0.717, 1.165) is 83.5 Å². The second-order valence-corrected chi connectivity index (χ2v) is 16.1. The Kier molecular flexibility index (Phi) is 11.5. The molecule has 1 nitrogen and oxygen atoms in total. The van der Waals surface area contributed by atoms with Crippen molar-refractivity contribution in [2.75, 3.05) is 0 Å². The molecular weight excluding hydrogens is 844 g/mol. The molecule has 0 fully saturated rings. The highest BCUT2D eigenvalue weighted by atomic mass is 19.2. The van der Waals surface area contributed by atoms with Crippen LogP contribution in [0.3, 0.4) is 0 Å². The molecule has 0 aromatic heterocycles. The Hall–Kier alpha value is -8.48. The van der Waals surface area contributed by atoms with E-state index in [2.05, 4.69) is 127 Å². The Bertz CT molecular complexity index is 3380. The number of carbonyl (C=O) groups excluding carboxylic acids is 1. The van der Waals surface area contributed by atoms with Crippen LogP contribution >= 0.6 is 0 Å². The van der Waals surface area contributed by atoms with Crippen LogP contribution in [0.25, 0.3) is 89.0 Å². The normalized spacial score (nSPS) is 11.1. The molecule has 0 radical (unpaired) electrons. The summed E-state index contributed by atoms with van der Waals surface area (Å²) in [6.45, 7) is 0. The van der Waals surface area contributed by atoms with Crippen molar-refractivity contribution in [3.8, 4) is 89.0 Å². The maximum absolute atomic E-state index is 14.8. The third-order valence-electron chi connectivity index (χ3n) is 12.1. The highest BCUT2D eigenvalue weighted by Gasteiger charge is 2.30. The number of rotatable bonds is 10. The van der Waals surface area contributed by atoms with Crippen LogP contribution in [0.15, 0.2) is 224 Å². The smallest absolute Gasteiger partial charge is 0.200 e. The van der Waals surface area contributed by atoms with E-state index in [1.807, 2.05) is 72.8 Å². The first-order valence-corrected chi connectivity index (χ1v) is 21.7. The zero-order valence-corrected chi connectivity index (χ0v) is 35.7. The van der Waals surface area contributed by atoms with Gasteiger partial charge in [-0.15, -0.1) is 0 Å². The van der Waals surface area contributed by atoms with Gasteiger partial charge in [0.25, 0.3) is 0 Å². The van der Waals surface area contributed by atoms with Crippen LogP contribution in [-0.4, -0.2) is 5.78 Å². The molecule has 322 valence electrons. The lowest BCUT2D eigenvalue weighted by atomic mass is 9.81. The Morgan fingerprint density at radius 3 is 0.761 bits per heavy atom. The summed E-state index contributed by atoms with van der Waals surface area (Å²) in [4.78, 5) is 13.4. The van der Waals surface area contributed by atoms with Crippen LogP contribution < -0.4 is 0 Å². The van der Waals surface area contributed by atoms with Crippen molar-refractivity contribution in [3.05, 3.63) is 265 Å². The highest BCUT2D eigenvalue weighted by molar-refractivity contribution is 6.10. The highest BCUT2D eigenvalue weighted by Crippen LogP contribution is 2.49. The summed E-state index contributed by atoms with van der Waals surface area (Å²) in [6, 6.07) is 74.3. The first kappa shape index (κ1) is 42.5. The number of carbonyl (C=O) groups is 1. The van der Waals surface area contributed by atoms with Crippen molar-refractivity contribution in [2.24, 2.45) is 0 Å². The molecule has 10 aromatic carbocycles. The lowest BCUT2D eigenvalue weighted by Crippen LogP contribution is -2.13. The first-order chi connectivity index (χ1) is 32.8. The largest absolute Gasteiger partial charge is 0.288 e. The van der Waals surface area contributed by atoms with E-state index in [1.165, 1.54) is 12.1 Å². The molecule has 0 amide bonds. The second-order valence-electron chi connectivity index (χ2n) is 16.1. The van der Waals surface area contributed by atoms with Crippen LogP contribution in [0, 0.1) is 29.1 Å². The van der Waals surface area contributed by atoms with Crippen molar-refractivity contribution in [1.29, 1.82) is 0 Å². The summed E-state index contributed by atoms with van der Waals surface area (Å²) in [7, 11) is 0. The topological polar surface area (TPSA) is 17.1 Å². The predicted octanol–water partition coefficient (Wildman–Crippen LogP) is 16.9. The number of hydrogen-bond acceptors (Lipinski definition) is 1. The molecule has 0 aliphatic rings. The first-order valence-electron chi connectivity index (χ1n) is 21.7. The predicted molar refractivity (Wildman–Crippen MR) is 260 cm³/mol. The van der Waals surface area contributed by atoms with Gasteiger partial charge in [0.1, 0.15) is 5.56 Å². The third kappa shape index (κ3) is 7.93. The molecule has 67 heavy (non-hydrogen) atoms. The monoisotopic (exact) mass is 880 g/mol. The van der Waals surface area contributed by atoms with Gasteiger partial charge in [-0.25, -0.2) is 22.0 Å². The average molecular weight is 881 g/mol. The molecule has 10 rings (SSSR count). The summed E-state index contributed by atoms with van der Waals surface area (Å²) in [5, 5.41) is 0. The Morgan fingerprint density at radius 2 is 0.463 bits per heavy atom. The number of ketones is 1. The molecule has 0 spiro atoms. The minimum Gasteiger partial charge on any atom is -0.288 e. The number of halogens is 5. The zero-order chi connectivity index (χ0) is 46.0. The summed E-state index contributed by atoms with van der Waals surface area (Å²) < 4.78 is 71.7.